The third kappa shape index (κ3) is 5.05. The molecule has 1 aliphatic heterocycles. The Labute approximate surface area is 239 Å². The van der Waals surface area contributed by atoms with Gasteiger partial charge in [0.15, 0.2) is 12.0 Å². The summed E-state index contributed by atoms with van der Waals surface area (Å²) in [4.78, 5) is 4.98. The molecule has 5 nitrogen and oxygen atoms in total. The fourth-order valence-corrected chi connectivity index (χ4v) is 5.46. The van der Waals surface area contributed by atoms with Crippen LogP contribution in [0.3, 0.4) is 0 Å². The number of nitrogens with zero attached hydrogens (tertiary/aromatic N) is 1. The first-order valence-electron chi connectivity index (χ1n) is 13.9. The lowest BCUT2D eigenvalue weighted by Gasteiger charge is -2.22. The molecule has 41 heavy (non-hydrogen) atoms. The minimum absolute atomic E-state index is 0.232. The van der Waals surface area contributed by atoms with E-state index in [4.69, 9.17) is 15.5 Å². The summed E-state index contributed by atoms with van der Waals surface area (Å²) in [6, 6.07) is 45.5. The molecule has 0 saturated heterocycles. The van der Waals surface area contributed by atoms with Gasteiger partial charge in [0.2, 0.25) is 0 Å². The molecule has 0 fully saturated rings. The van der Waals surface area contributed by atoms with Crippen molar-refractivity contribution in [3.63, 3.8) is 0 Å². The molecule has 3 atom stereocenters. The van der Waals surface area contributed by atoms with Gasteiger partial charge in [-0.3, -0.25) is 10.3 Å². The van der Waals surface area contributed by atoms with E-state index in [0.29, 0.717) is 0 Å². The first kappa shape index (κ1) is 25.0. The molecule has 7 rings (SSSR count). The highest BCUT2D eigenvalue weighted by atomic mass is 16.5. The smallest absolute Gasteiger partial charge is 0.196 e. The van der Waals surface area contributed by atoms with E-state index in [9.17, 15) is 0 Å². The van der Waals surface area contributed by atoms with Crippen molar-refractivity contribution in [1.82, 2.24) is 5.32 Å². The number of anilines is 1. The van der Waals surface area contributed by atoms with Crippen LogP contribution in [0.2, 0.25) is 0 Å². The van der Waals surface area contributed by atoms with E-state index >= 15 is 0 Å². The zero-order chi connectivity index (χ0) is 27.6. The maximum Gasteiger partial charge on any atom is 0.196 e. The molecule has 0 aliphatic carbocycles. The summed E-state index contributed by atoms with van der Waals surface area (Å²) in [5, 5.41) is 11.6. The van der Waals surface area contributed by atoms with Crippen molar-refractivity contribution in [2.75, 3.05) is 5.32 Å². The topological polar surface area (TPSA) is 71.7 Å². The highest BCUT2D eigenvalue weighted by Crippen LogP contribution is 2.46. The Morgan fingerprint density at radius 3 is 2.17 bits per heavy atom. The average Bonchev–Trinajstić information content (AvgIpc) is 3.49. The van der Waals surface area contributed by atoms with Crippen LogP contribution in [0, 0.1) is 0 Å². The summed E-state index contributed by atoms with van der Waals surface area (Å²) < 4.78 is 6.57. The molecule has 0 aromatic heterocycles. The second kappa shape index (κ2) is 10.9. The standard InChI is InChI=1S/C36H30N4O/c37-34(27-12-6-2-7-13-27)40-35(38-23-24-10-4-1-5-11-24)29-19-17-25-16-18-26-20-21-31-33(32(26)30(25)22-29)41-36(39-31)28-14-8-3-9-15-28/h1-23,34-36,39-40H,37H2. The molecular weight excluding hydrogens is 504 g/mol. The van der Waals surface area contributed by atoms with Crippen molar-refractivity contribution >= 4 is 33.4 Å². The number of nitrogens with two attached hydrogens (primary N) is 1. The molecule has 200 valence electrons. The Kier molecular flexibility index (Phi) is 6.65. The number of fused-ring (bicyclic) bond motifs is 5. The van der Waals surface area contributed by atoms with Crippen LogP contribution in [0.5, 0.6) is 5.75 Å². The predicted molar refractivity (Wildman–Crippen MR) is 168 cm³/mol. The van der Waals surface area contributed by atoms with Gasteiger partial charge in [-0.2, -0.15) is 0 Å². The van der Waals surface area contributed by atoms with Gasteiger partial charge in [-0.1, -0.05) is 121 Å². The van der Waals surface area contributed by atoms with Crippen LogP contribution in [0.1, 0.15) is 40.8 Å². The minimum atomic E-state index is -0.388. The summed E-state index contributed by atoms with van der Waals surface area (Å²) in [6.45, 7) is 0. The number of rotatable bonds is 7. The molecule has 3 unspecified atom stereocenters. The minimum Gasteiger partial charge on any atom is -0.464 e. The third-order valence-corrected chi connectivity index (χ3v) is 7.59. The lowest BCUT2D eigenvalue weighted by molar-refractivity contribution is 0.263. The molecule has 0 bridgehead atoms. The number of benzene rings is 6. The van der Waals surface area contributed by atoms with Gasteiger partial charge in [0.1, 0.15) is 6.17 Å². The molecule has 5 heteroatoms. The average molecular weight is 535 g/mol. The maximum atomic E-state index is 6.64. The predicted octanol–water partition coefficient (Wildman–Crippen LogP) is 7.86. The van der Waals surface area contributed by atoms with Crippen LogP contribution < -0.4 is 21.1 Å². The van der Waals surface area contributed by atoms with E-state index < -0.39 is 0 Å². The molecule has 0 radical (unpaired) electrons. The third-order valence-electron chi connectivity index (χ3n) is 7.59. The Bertz CT molecular complexity index is 1840. The fraction of sp³-hybridized carbons (Fsp3) is 0.0833. The zero-order valence-electron chi connectivity index (χ0n) is 22.4. The first-order chi connectivity index (χ1) is 20.2. The van der Waals surface area contributed by atoms with Crippen LogP contribution in [0.25, 0.3) is 21.5 Å². The highest BCUT2D eigenvalue weighted by Gasteiger charge is 2.26. The van der Waals surface area contributed by atoms with Gasteiger partial charge in [0.25, 0.3) is 0 Å². The lowest BCUT2D eigenvalue weighted by Crippen LogP contribution is -2.31. The molecule has 6 aromatic rings. The maximum absolute atomic E-state index is 6.64. The van der Waals surface area contributed by atoms with Gasteiger partial charge in [-0.05, 0) is 45.0 Å². The number of ether oxygens (including phenoxy) is 1. The summed E-state index contributed by atoms with van der Waals surface area (Å²) in [5.74, 6) is 0.873. The fourth-order valence-electron chi connectivity index (χ4n) is 5.46. The van der Waals surface area contributed by atoms with Crippen molar-refractivity contribution in [1.29, 1.82) is 0 Å². The monoisotopic (exact) mass is 534 g/mol. The Balaban J connectivity index is 1.31. The van der Waals surface area contributed by atoms with E-state index in [2.05, 4.69) is 65.2 Å². The van der Waals surface area contributed by atoms with Gasteiger partial charge in [0, 0.05) is 17.2 Å². The first-order valence-corrected chi connectivity index (χ1v) is 13.9. The second-order valence-corrected chi connectivity index (χ2v) is 10.3. The molecule has 4 N–H and O–H groups in total. The van der Waals surface area contributed by atoms with Crippen LogP contribution in [-0.2, 0) is 0 Å². The van der Waals surface area contributed by atoms with Crippen LogP contribution >= 0.6 is 0 Å². The Morgan fingerprint density at radius 1 is 0.732 bits per heavy atom. The normalized spacial score (nSPS) is 15.9. The van der Waals surface area contributed by atoms with Crippen LogP contribution in [0.4, 0.5) is 5.69 Å². The van der Waals surface area contributed by atoms with Gasteiger partial charge in [-0.15, -0.1) is 0 Å². The molecule has 0 spiro atoms. The van der Waals surface area contributed by atoms with E-state index in [1.807, 2.05) is 85.1 Å². The second-order valence-electron chi connectivity index (χ2n) is 10.3. The number of hydrogen-bond donors (Lipinski definition) is 3. The van der Waals surface area contributed by atoms with Crippen molar-refractivity contribution in [2.45, 2.75) is 18.6 Å². The van der Waals surface area contributed by atoms with E-state index in [0.717, 1.165) is 55.2 Å². The van der Waals surface area contributed by atoms with Crippen LogP contribution in [0.15, 0.2) is 138 Å². The zero-order valence-corrected chi connectivity index (χ0v) is 22.4. The molecular formula is C36H30N4O. The van der Waals surface area contributed by atoms with Crippen molar-refractivity contribution in [2.24, 2.45) is 10.7 Å². The lowest BCUT2D eigenvalue weighted by atomic mass is 9.97. The van der Waals surface area contributed by atoms with Gasteiger partial charge >= 0.3 is 0 Å². The molecule has 6 aromatic carbocycles. The summed E-state index contributed by atoms with van der Waals surface area (Å²) in [7, 11) is 0. The van der Waals surface area contributed by atoms with Crippen molar-refractivity contribution in [3.8, 4) is 5.75 Å². The Morgan fingerprint density at radius 2 is 1.39 bits per heavy atom. The van der Waals surface area contributed by atoms with Crippen molar-refractivity contribution in [3.05, 3.63) is 156 Å². The van der Waals surface area contributed by atoms with E-state index in [1.165, 1.54) is 0 Å². The molecule has 0 amide bonds. The molecule has 1 heterocycles. The number of aliphatic imine (C=N–C) groups is 1. The van der Waals surface area contributed by atoms with Gasteiger partial charge in [0.05, 0.1) is 11.9 Å². The SMILES string of the molecule is NC(NC(N=Cc1ccccc1)c1ccc2ccc3ccc4c(c3c2c1)OC(c1ccccc1)N4)c1ccccc1. The highest BCUT2D eigenvalue weighted by molar-refractivity contribution is 6.13. The van der Waals surface area contributed by atoms with Crippen molar-refractivity contribution < 1.29 is 4.74 Å². The van der Waals surface area contributed by atoms with E-state index in [1.54, 1.807) is 0 Å². The number of hydrogen-bond acceptors (Lipinski definition) is 5. The largest absolute Gasteiger partial charge is 0.464 e. The summed E-state index contributed by atoms with van der Waals surface area (Å²) in [5.41, 5.74) is 11.8. The Hall–Kier alpha value is -4.97. The summed E-state index contributed by atoms with van der Waals surface area (Å²) in [6.07, 6.45) is 0.917. The molecule has 0 saturated carbocycles. The van der Waals surface area contributed by atoms with Gasteiger partial charge in [-0.25, -0.2) is 0 Å². The van der Waals surface area contributed by atoms with Gasteiger partial charge < -0.3 is 15.8 Å². The van der Waals surface area contributed by atoms with E-state index in [-0.39, 0.29) is 18.6 Å². The number of nitrogens with one attached hydrogen (secondary N) is 2. The quantitative estimate of drug-likeness (QED) is 0.111. The van der Waals surface area contributed by atoms with Crippen LogP contribution in [-0.4, -0.2) is 6.21 Å². The summed E-state index contributed by atoms with van der Waals surface area (Å²) >= 11 is 0. The molecule has 1 aliphatic rings.